The van der Waals surface area contributed by atoms with E-state index in [4.69, 9.17) is 4.74 Å². The number of pyridine rings is 1. The molecule has 3 rings (SSSR count). The van der Waals surface area contributed by atoms with Crippen LogP contribution < -0.4 is 10.1 Å². The Kier molecular flexibility index (Phi) is 4.45. The lowest BCUT2D eigenvalue weighted by Gasteiger charge is -2.49. The Morgan fingerprint density at radius 1 is 1.33 bits per heavy atom. The van der Waals surface area contributed by atoms with Gasteiger partial charge in [0.1, 0.15) is 0 Å². The average molecular weight is 289 g/mol. The highest BCUT2D eigenvalue weighted by Gasteiger charge is 2.38. The Hall–Kier alpha value is -1.13. The van der Waals surface area contributed by atoms with Crippen LogP contribution in [0.3, 0.4) is 0 Å². The molecule has 21 heavy (non-hydrogen) atoms. The van der Waals surface area contributed by atoms with Gasteiger partial charge in [-0.05, 0) is 25.8 Å². The van der Waals surface area contributed by atoms with E-state index in [0.717, 1.165) is 25.3 Å². The topological polar surface area (TPSA) is 37.4 Å². The van der Waals surface area contributed by atoms with E-state index in [1.807, 2.05) is 12.1 Å². The molecule has 0 amide bonds. The standard InChI is InChI=1S/C17H27N3O/c1-14-11-18-17(9-4-3-5-10-17)13-20(14)12-15-7-6-8-16(19-15)21-2/h6-8,14,18H,3-5,9-13H2,1-2H3. The molecule has 0 radical (unpaired) electrons. The first-order valence-electron chi connectivity index (χ1n) is 8.20. The Morgan fingerprint density at radius 2 is 2.14 bits per heavy atom. The minimum absolute atomic E-state index is 0.351. The number of ether oxygens (including phenoxy) is 1. The van der Waals surface area contributed by atoms with Crippen LogP contribution in [0.2, 0.25) is 0 Å². The van der Waals surface area contributed by atoms with Gasteiger partial charge in [0.05, 0.1) is 12.8 Å². The van der Waals surface area contributed by atoms with Gasteiger partial charge in [-0.15, -0.1) is 0 Å². The molecule has 0 aromatic carbocycles. The van der Waals surface area contributed by atoms with Crippen LogP contribution >= 0.6 is 0 Å². The van der Waals surface area contributed by atoms with Crippen molar-refractivity contribution in [3.05, 3.63) is 23.9 Å². The summed E-state index contributed by atoms with van der Waals surface area (Å²) in [6.45, 7) is 5.46. The SMILES string of the molecule is COc1cccc(CN2CC3(CCCCC3)NCC2C)n1. The molecule has 1 aromatic rings. The molecule has 0 bridgehead atoms. The van der Waals surface area contributed by atoms with Gasteiger partial charge in [0.15, 0.2) is 0 Å². The van der Waals surface area contributed by atoms with Crippen molar-refractivity contribution < 1.29 is 4.74 Å². The molecule has 1 atom stereocenters. The molecule has 1 aliphatic heterocycles. The third-order valence-electron chi connectivity index (χ3n) is 5.07. The van der Waals surface area contributed by atoms with E-state index in [2.05, 4.69) is 28.2 Å². The Morgan fingerprint density at radius 3 is 2.90 bits per heavy atom. The van der Waals surface area contributed by atoms with E-state index in [1.54, 1.807) is 7.11 Å². The summed E-state index contributed by atoms with van der Waals surface area (Å²) in [5.41, 5.74) is 1.46. The normalized spacial score (nSPS) is 25.9. The van der Waals surface area contributed by atoms with Crippen molar-refractivity contribution in [3.8, 4) is 5.88 Å². The lowest BCUT2D eigenvalue weighted by atomic mass is 9.79. The Balaban J connectivity index is 1.70. The second-order valence-electron chi connectivity index (χ2n) is 6.65. The van der Waals surface area contributed by atoms with Gasteiger partial charge in [0.2, 0.25) is 5.88 Å². The van der Waals surface area contributed by atoms with Gasteiger partial charge in [-0.2, -0.15) is 0 Å². The predicted octanol–water partition coefficient (Wildman–Crippen LogP) is 2.59. The zero-order valence-electron chi connectivity index (χ0n) is 13.3. The minimum atomic E-state index is 0.351. The number of nitrogens with one attached hydrogen (secondary N) is 1. The molecule has 2 aliphatic rings. The summed E-state index contributed by atoms with van der Waals surface area (Å²) in [4.78, 5) is 7.16. The molecule has 1 N–H and O–H groups in total. The molecule has 1 saturated heterocycles. The predicted molar refractivity (Wildman–Crippen MR) is 84.5 cm³/mol. The Bertz CT molecular complexity index is 471. The van der Waals surface area contributed by atoms with Gasteiger partial charge in [0.25, 0.3) is 0 Å². The van der Waals surface area contributed by atoms with E-state index in [1.165, 1.54) is 32.1 Å². The van der Waals surface area contributed by atoms with Crippen molar-refractivity contribution in [2.75, 3.05) is 20.2 Å². The summed E-state index contributed by atoms with van der Waals surface area (Å²) in [5, 5.41) is 3.84. The lowest BCUT2D eigenvalue weighted by Crippen LogP contribution is -2.63. The van der Waals surface area contributed by atoms with E-state index in [-0.39, 0.29) is 0 Å². The second-order valence-corrected chi connectivity index (χ2v) is 6.65. The van der Waals surface area contributed by atoms with Crippen molar-refractivity contribution in [2.24, 2.45) is 0 Å². The zero-order valence-corrected chi connectivity index (χ0v) is 13.3. The monoisotopic (exact) mass is 289 g/mol. The van der Waals surface area contributed by atoms with Crippen molar-refractivity contribution in [1.29, 1.82) is 0 Å². The van der Waals surface area contributed by atoms with Gasteiger partial charge >= 0.3 is 0 Å². The summed E-state index contributed by atoms with van der Waals surface area (Å²) < 4.78 is 5.24. The van der Waals surface area contributed by atoms with Crippen LogP contribution in [0.15, 0.2) is 18.2 Å². The maximum atomic E-state index is 5.24. The maximum Gasteiger partial charge on any atom is 0.213 e. The van der Waals surface area contributed by atoms with E-state index in [0.29, 0.717) is 17.5 Å². The fourth-order valence-corrected chi connectivity index (χ4v) is 3.74. The number of aromatic nitrogens is 1. The van der Waals surface area contributed by atoms with Crippen LogP contribution in [0.25, 0.3) is 0 Å². The molecule has 4 heteroatoms. The highest BCUT2D eigenvalue weighted by atomic mass is 16.5. The minimum Gasteiger partial charge on any atom is -0.481 e. The fourth-order valence-electron chi connectivity index (χ4n) is 3.74. The van der Waals surface area contributed by atoms with Crippen molar-refractivity contribution >= 4 is 0 Å². The van der Waals surface area contributed by atoms with Crippen LogP contribution in [-0.4, -0.2) is 41.7 Å². The summed E-state index contributed by atoms with van der Waals surface area (Å²) in [6.07, 6.45) is 6.78. The Labute approximate surface area is 127 Å². The van der Waals surface area contributed by atoms with Gasteiger partial charge in [-0.3, -0.25) is 4.90 Å². The smallest absolute Gasteiger partial charge is 0.213 e. The van der Waals surface area contributed by atoms with Gasteiger partial charge < -0.3 is 10.1 Å². The molecular weight excluding hydrogens is 262 g/mol. The van der Waals surface area contributed by atoms with Crippen LogP contribution in [0.1, 0.15) is 44.7 Å². The number of methoxy groups -OCH3 is 1. The van der Waals surface area contributed by atoms with E-state index >= 15 is 0 Å². The molecule has 1 spiro atoms. The highest BCUT2D eigenvalue weighted by molar-refractivity contribution is 5.16. The fraction of sp³-hybridized carbons (Fsp3) is 0.706. The summed E-state index contributed by atoms with van der Waals surface area (Å²) in [6, 6.07) is 6.60. The molecule has 2 fully saturated rings. The van der Waals surface area contributed by atoms with E-state index in [9.17, 15) is 0 Å². The maximum absolute atomic E-state index is 5.24. The highest BCUT2D eigenvalue weighted by Crippen LogP contribution is 2.32. The lowest BCUT2D eigenvalue weighted by molar-refractivity contribution is 0.0563. The molecule has 116 valence electrons. The van der Waals surface area contributed by atoms with Gasteiger partial charge in [0, 0.05) is 37.3 Å². The molecule has 2 heterocycles. The quantitative estimate of drug-likeness (QED) is 0.928. The molecule has 1 aliphatic carbocycles. The largest absolute Gasteiger partial charge is 0.481 e. The first-order valence-corrected chi connectivity index (χ1v) is 8.20. The summed E-state index contributed by atoms with van der Waals surface area (Å²) in [7, 11) is 1.68. The number of hydrogen-bond donors (Lipinski definition) is 1. The van der Waals surface area contributed by atoms with Gasteiger partial charge in [-0.25, -0.2) is 4.98 Å². The van der Waals surface area contributed by atoms with Crippen molar-refractivity contribution in [3.63, 3.8) is 0 Å². The van der Waals surface area contributed by atoms with Crippen LogP contribution in [-0.2, 0) is 6.54 Å². The first kappa shape index (κ1) is 14.8. The average Bonchev–Trinajstić information content (AvgIpc) is 2.52. The zero-order chi connectivity index (χ0) is 14.7. The van der Waals surface area contributed by atoms with E-state index < -0.39 is 0 Å². The molecule has 4 nitrogen and oxygen atoms in total. The van der Waals surface area contributed by atoms with Gasteiger partial charge in [-0.1, -0.05) is 25.3 Å². The van der Waals surface area contributed by atoms with Crippen molar-refractivity contribution in [2.45, 2.75) is 57.2 Å². The van der Waals surface area contributed by atoms with Crippen LogP contribution in [0.4, 0.5) is 0 Å². The number of hydrogen-bond acceptors (Lipinski definition) is 4. The third kappa shape index (κ3) is 3.38. The molecule has 1 saturated carbocycles. The number of piperazine rings is 1. The third-order valence-corrected chi connectivity index (χ3v) is 5.07. The summed E-state index contributed by atoms with van der Waals surface area (Å²) in [5.74, 6) is 0.711. The summed E-state index contributed by atoms with van der Waals surface area (Å²) >= 11 is 0. The second kappa shape index (κ2) is 6.32. The molecule has 1 aromatic heterocycles. The molecule has 1 unspecified atom stereocenters. The van der Waals surface area contributed by atoms with Crippen molar-refractivity contribution in [1.82, 2.24) is 15.2 Å². The van der Waals surface area contributed by atoms with Crippen LogP contribution in [0.5, 0.6) is 5.88 Å². The molecular formula is C17H27N3O. The number of rotatable bonds is 3. The number of nitrogens with zero attached hydrogens (tertiary/aromatic N) is 2. The first-order chi connectivity index (χ1) is 10.2. The van der Waals surface area contributed by atoms with Crippen LogP contribution in [0, 0.1) is 0 Å².